The summed E-state index contributed by atoms with van der Waals surface area (Å²) in [5.41, 5.74) is 17.8. The van der Waals surface area contributed by atoms with E-state index in [0.717, 1.165) is 39.5 Å². The van der Waals surface area contributed by atoms with E-state index in [1.807, 2.05) is 18.5 Å². The first kappa shape index (κ1) is 38.5. The predicted octanol–water partition coefficient (Wildman–Crippen LogP) is 13.9. The molecule has 0 aliphatic carbocycles. The van der Waals surface area contributed by atoms with Crippen LogP contribution in [0.5, 0.6) is 0 Å². The first-order valence-electron chi connectivity index (χ1n) is 23.2. The molecule has 8 aromatic carbocycles. The molecule has 0 saturated heterocycles. The molecule has 11 aromatic rings. The van der Waals surface area contributed by atoms with Crippen molar-refractivity contribution in [2.45, 2.75) is 39.5 Å². The van der Waals surface area contributed by atoms with Gasteiger partial charge in [0, 0.05) is 56.7 Å². The number of pyridine rings is 2. The summed E-state index contributed by atoms with van der Waals surface area (Å²) in [6, 6.07) is 67.6. The maximum absolute atomic E-state index is 5.02. The Bertz CT molecular complexity index is 3750. The van der Waals surface area contributed by atoms with E-state index >= 15 is 0 Å². The summed E-state index contributed by atoms with van der Waals surface area (Å²) in [5, 5.41) is 7.25. The van der Waals surface area contributed by atoms with E-state index in [2.05, 4.69) is 218 Å². The monoisotopic (exact) mass is 847 g/mol. The quantitative estimate of drug-likeness (QED) is 0.156. The highest BCUT2D eigenvalue weighted by molar-refractivity contribution is 7.00. The van der Waals surface area contributed by atoms with Crippen molar-refractivity contribution in [1.29, 1.82) is 0 Å². The van der Waals surface area contributed by atoms with Crippen LogP contribution in [0.4, 0.5) is 34.1 Å². The number of aromatic nitrogens is 3. The van der Waals surface area contributed by atoms with Crippen molar-refractivity contribution < 1.29 is 0 Å². The predicted molar refractivity (Wildman–Crippen MR) is 279 cm³/mol. The summed E-state index contributed by atoms with van der Waals surface area (Å²) >= 11 is 0. The number of para-hydroxylation sites is 1. The largest absolute Gasteiger partial charge is 0.311 e. The third kappa shape index (κ3) is 5.74. The average Bonchev–Trinajstić information content (AvgIpc) is 3.68. The lowest BCUT2D eigenvalue weighted by molar-refractivity contribution is 0.864. The first-order valence-corrected chi connectivity index (χ1v) is 23.2. The molecule has 2 aliphatic rings. The number of hydrogen-bond donors (Lipinski definition) is 0. The summed E-state index contributed by atoms with van der Waals surface area (Å²) in [6.45, 7) is 9.04. The highest BCUT2D eigenvalue weighted by Crippen LogP contribution is 2.49. The van der Waals surface area contributed by atoms with Crippen LogP contribution in [0.25, 0.3) is 60.4 Å². The molecule has 0 radical (unpaired) electrons. The van der Waals surface area contributed by atoms with E-state index < -0.39 is 0 Å². The Morgan fingerprint density at radius 2 is 1.03 bits per heavy atom. The number of nitrogens with zero attached hydrogens (tertiary/aromatic N) is 5. The van der Waals surface area contributed by atoms with Crippen LogP contribution < -0.4 is 26.2 Å². The molecule has 0 fully saturated rings. The number of hydrogen-bond acceptors (Lipinski definition) is 4. The van der Waals surface area contributed by atoms with Crippen molar-refractivity contribution in [1.82, 2.24) is 14.5 Å². The fourth-order valence-electron chi connectivity index (χ4n) is 11.0. The Kier molecular flexibility index (Phi) is 8.63. The van der Waals surface area contributed by atoms with Crippen molar-refractivity contribution in [3.8, 4) is 17.1 Å². The van der Waals surface area contributed by atoms with Gasteiger partial charge in [0.1, 0.15) is 5.82 Å². The molecule has 0 N–H and O–H groups in total. The Hall–Kier alpha value is -7.96. The van der Waals surface area contributed by atoms with Crippen molar-refractivity contribution in [3.63, 3.8) is 0 Å². The molecule has 0 saturated carbocycles. The van der Waals surface area contributed by atoms with Crippen molar-refractivity contribution in [3.05, 3.63) is 206 Å². The SMILES string of the molecule is CC(C)c1ccnc(-c2ccc3c(c2)B2c4cc5c(cc4N(c4cccc6ccccc46)c4cc(C(C)C)cc(c42)N3c2cccc3ccccc23)c2ccccc2n5-c2ccccn2)c1. The van der Waals surface area contributed by atoms with Crippen LogP contribution in [-0.2, 0) is 0 Å². The summed E-state index contributed by atoms with van der Waals surface area (Å²) in [5.74, 6) is 1.56. The third-order valence-corrected chi connectivity index (χ3v) is 14.2. The Balaban J connectivity index is 1.20. The Morgan fingerprint density at radius 3 is 1.71 bits per heavy atom. The highest BCUT2D eigenvalue weighted by Gasteiger charge is 2.45. The van der Waals surface area contributed by atoms with Gasteiger partial charge in [0.05, 0.1) is 28.1 Å². The smallest absolute Gasteiger partial charge is 0.252 e. The minimum Gasteiger partial charge on any atom is -0.311 e. The number of fused-ring (bicyclic) bond motifs is 9. The van der Waals surface area contributed by atoms with E-state index in [1.54, 1.807) is 0 Å². The van der Waals surface area contributed by atoms with Crippen LogP contribution in [0.1, 0.15) is 50.7 Å². The van der Waals surface area contributed by atoms with Gasteiger partial charge >= 0.3 is 0 Å². The fourth-order valence-corrected chi connectivity index (χ4v) is 11.0. The lowest BCUT2D eigenvalue weighted by Crippen LogP contribution is -2.61. The number of rotatable bonds is 6. The van der Waals surface area contributed by atoms with Gasteiger partial charge in [0.2, 0.25) is 0 Å². The van der Waals surface area contributed by atoms with Crippen molar-refractivity contribution >= 4 is 101 Å². The second-order valence-corrected chi connectivity index (χ2v) is 18.6. The molecule has 6 heteroatoms. The number of benzene rings is 8. The molecule has 66 heavy (non-hydrogen) atoms. The van der Waals surface area contributed by atoms with Crippen LogP contribution >= 0.6 is 0 Å². The average molecular weight is 848 g/mol. The van der Waals surface area contributed by atoms with Crippen LogP contribution in [0.15, 0.2) is 194 Å². The van der Waals surface area contributed by atoms with Crippen LogP contribution in [0.3, 0.4) is 0 Å². The summed E-state index contributed by atoms with van der Waals surface area (Å²) < 4.78 is 2.36. The standard InChI is InChI=1S/C60H46BN5/c1-37(2)41-28-30-62-50(32-41)42-26-27-54-48(31-42)61-49-36-55-47(46-21-9-10-22-53(46)66(55)59-25-11-12-29-63-59)35-56(49)65(52-24-14-18-40-16-6-8-20-45(40)52)58-34-43(38(3)4)33-57(60(58)61)64(54)51-23-13-17-39-15-5-7-19-44(39)51/h5-38H,1-4H3. The van der Waals surface area contributed by atoms with E-state index in [9.17, 15) is 0 Å². The van der Waals surface area contributed by atoms with Crippen LogP contribution in [-0.4, -0.2) is 21.2 Å². The molecule has 0 atom stereocenters. The second kappa shape index (κ2) is 14.8. The van der Waals surface area contributed by atoms with Gasteiger partial charge in [-0.1, -0.05) is 137 Å². The molecule has 0 spiro atoms. The lowest BCUT2D eigenvalue weighted by atomic mass is 9.33. The minimum atomic E-state index is -0.119. The van der Waals surface area contributed by atoms with E-state index in [4.69, 9.17) is 9.97 Å². The van der Waals surface area contributed by atoms with E-state index in [0.29, 0.717) is 5.92 Å². The zero-order chi connectivity index (χ0) is 44.2. The molecule has 314 valence electrons. The molecule has 5 heterocycles. The zero-order valence-electron chi connectivity index (χ0n) is 37.4. The van der Waals surface area contributed by atoms with Gasteiger partial charge in [-0.2, -0.15) is 0 Å². The second-order valence-electron chi connectivity index (χ2n) is 18.6. The molecule has 2 aliphatic heterocycles. The maximum atomic E-state index is 5.02. The molecule has 3 aromatic heterocycles. The van der Waals surface area contributed by atoms with Crippen molar-refractivity contribution in [2.75, 3.05) is 9.80 Å². The van der Waals surface area contributed by atoms with Gasteiger partial charge in [-0.15, -0.1) is 0 Å². The van der Waals surface area contributed by atoms with Gasteiger partial charge in [-0.3, -0.25) is 9.55 Å². The first-order chi connectivity index (χ1) is 32.4. The Morgan fingerprint density at radius 1 is 0.409 bits per heavy atom. The zero-order valence-corrected chi connectivity index (χ0v) is 37.4. The minimum absolute atomic E-state index is 0.119. The third-order valence-electron chi connectivity index (χ3n) is 14.2. The summed E-state index contributed by atoms with van der Waals surface area (Å²) in [7, 11) is 0. The van der Waals surface area contributed by atoms with Crippen LogP contribution in [0.2, 0.25) is 0 Å². The lowest BCUT2D eigenvalue weighted by Gasteiger charge is -2.45. The van der Waals surface area contributed by atoms with Crippen molar-refractivity contribution in [2.24, 2.45) is 0 Å². The van der Waals surface area contributed by atoms with E-state index in [-0.39, 0.29) is 12.6 Å². The summed E-state index contributed by atoms with van der Waals surface area (Å²) in [6.07, 6.45) is 3.87. The van der Waals surface area contributed by atoms with Gasteiger partial charge < -0.3 is 9.80 Å². The normalized spacial score (nSPS) is 13.0. The molecular formula is C60H46BN5. The van der Waals surface area contributed by atoms with Gasteiger partial charge in [-0.05, 0) is 128 Å². The molecule has 5 nitrogen and oxygen atoms in total. The maximum Gasteiger partial charge on any atom is 0.252 e. The molecule has 0 amide bonds. The summed E-state index contributed by atoms with van der Waals surface area (Å²) in [4.78, 5) is 15.1. The molecular weight excluding hydrogens is 802 g/mol. The van der Waals surface area contributed by atoms with Gasteiger partial charge in [-0.25, -0.2) is 4.98 Å². The topological polar surface area (TPSA) is 37.2 Å². The van der Waals surface area contributed by atoms with E-state index in [1.165, 1.54) is 82.6 Å². The number of anilines is 6. The molecule has 0 unspecified atom stereocenters. The Labute approximate surface area is 385 Å². The highest BCUT2D eigenvalue weighted by atomic mass is 15.2. The molecule has 0 bridgehead atoms. The van der Waals surface area contributed by atoms with Gasteiger partial charge in [0.25, 0.3) is 6.71 Å². The fraction of sp³-hybridized carbons (Fsp3) is 0.100. The van der Waals surface area contributed by atoms with Crippen LogP contribution in [0, 0.1) is 0 Å². The molecule has 13 rings (SSSR count). The van der Waals surface area contributed by atoms with Gasteiger partial charge in [0.15, 0.2) is 0 Å².